The van der Waals surface area contributed by atoms with Gasteiger partial charge in [-0.1, -0.05) is 0 Å². The monoisotopic (exact) mass is 279 g/mol. The van der Waals surface area contributed by atoms with Gasteiger partial charge in [0.2, 0.25) is 0 Å². The highest BCUT2D eigenvalue weighted by molar-refractivity contribution is 9.10. The lowest BCUT2D eigenvalue weighted by Gasteiger charge is -2.18. The predicted octanol–water partition coefficient (Wildman–Crippen LogP) is 2.72. The van der Waals surface area contributed by atoms with Gasteiger partial charge in [0.15, 0.2) is 11.5 Å². The average molecular weight is 280 g/mol. The summed E-state index contributed by atoms with van der Waals surface area (Å²) >= 11 is 3.32. The molecule has 16 heavy (non-hydrogen) atoms. The standard InChI is InChI=1S/C10H6BrN3O2/c11-5-3-7-8(4-6(5)12)16-10-9(15-7)13-1-2-14-10/h1-4H,12H2. The van der Waals surface area contributed by atoms with Crippen molar-refractivity contribution in [2.75, 3.05) is 5.73 Å². The highest BCUT2D eigenvalue weighted by Crippen LogP contribution is 2.45. The Morgan fingerprint density at radius 1 is 1.00 bits per heavy atom. The van der Waals surface area contributed by atoms with E-state index in [1.54, 1.807) is 18.3 Å². The van der Waals surface area contributed by atoms with E-state index in [-0.39, 0.29) is 0 Å². The first kappa shape index (κ1) is 9.41. The zero-order valence-electron chi connectivity index (χ0n) is 7.98. The van der Waals surface area contributed by atoms with Crippen molar-refractivity contribution in [2.45, 2.75) is 0 Å². The molecular weight excluding hydrogens is 274 g/mol. The molecule has 0 spiro atoms. The van der Waals surface area contributed by atoms with Crippen LogP contribution in [0.15, 0.2) is 29.0 Å². The van der Waals surface area contributed by atoms with Crippen LogP contribution in [0.3, 0.4) is 0 Å². The van der Waals surface area contributed by atoms with E-state index >= 15 is 0 Å². The number of anilines is 1. The number of fused-ring (bicyclic) bond motifs is 2. The Morgan fingerprint density at radius 3 is 2.19 bits per heavy atom. The molecule has 5 nitrogen and oxygen atoms in total. The number of hydrogen-bond acceptors (Lipinski definition) is 5. The summed E-state index contributed by atoms with van der Waals surface area (Å²) in [5, 5.41) is 0. The maximum absolute atomic E-state index is 5.75. The Kier molecular flexibility index (Phi) is 1.97. The normalized spacial score (nSPS) is 12.1. The number of aromatic nitrogens is 2. The molecule has 2 aromatic rings. The van der Waals surface area contributed by atoms with Crippen molar-refractivity contribution in [3.63, 3.8) is 0 Å². The fourth-order valence-electron chi connectivity index (χ4n) is 1.37. The molecule has 0 bridgehead atoms. The highest BCUT2D eigenvalue weighted by Gasteiger charge is 2.21. The van der Waals surface area contributed by atoms with Gasteiger partial charge in [-0.15, -0.1) is 0 Å². The van der Waals surface area contributed by atoms with Crippen LogP contribution in [0.4, 0.5) is 5.69 Å². The van der Waals surface area contributed by atoms with Crippen LogP contribution in [0.25, 0.3) is 0 Å². The molecular formula is C10H6BrN3O2. The Balaban J connectivity index is 2.12. The number of nitrogen functional groups attached to an aromatic ring is 1. The minimum absolute atomic E-state index is 0.344. The SMILES string of the molecule is Nc1cc2c(cc1Br)Oc1nccnc1O2. The third-order valence-electron chi connectivity index (χ3n) is 2.11. The van der Waals surface area contributed by atoms with Gasteiger partial charge in [-0.25, -0.2) is 9.97 Å². The van der Waals surface area contributed by atoms with Crippen molar-refractivity contribution in [3.05, 3.63) is 29.0 Å². The third-order valence-corrected chi connectivity index (χ3v) is 2.80. The first-order valence-electron chi connectivity index (χ1n) is 4.50. The minimum Gasteiger partial charge on any atom is -0.431 e. The van der Waals surface area contributed by atoms with E-state index in [1.165, 1.54) is 6.20 Å². The fourth-order valence-corrected chi connectivity index (χ4v) is 1.69. The van der Waals surface area contributed by atoms with Crippen molar-refractivity contribution in [3.8, 4) is 23.3 Å². The van der Waals surface area contributed by atoms with Crippen LogP contribution in [0.2, 0.25) is 0 Å². The van der Waals surface area contributed by atoms with E-state index in [9.17, 15) is 0 Å². The van der Waals surface area contributed by atoms with E-state index in [0.717, 1.165) is 4.47 Å². The van der Waals surface area contributed by atoms with Gasteiger partial charge in [0, 0.05) is 34.7 Å². The molecule has 0 radical (unpaired) electrons. The maximum Gasteiger partial charge on any atom is 0.284 e. The summed E-state index contributed by atoms with van der Waals surface area (Å²) in [5.41, 5.74) is 6.32. The lowest BCUT2D eigenvalue weighted by molar-refractivity contribution is 0.336. The van der Waals surface area contributed by atoms with Crippen molar-refractivity contribution in [2.24, 2.45) is 0 Å². The summed E-state index contributed by atoms with van der Waals surface area (Å²) in [4.78, 5) is 8.02. The summed E-state index contributed by atoms with van der Waals surface area (Å²) in [6, 6.07) is 3.42. The molecule has 80 valence electrons. The van der Waals surface area contributed by atoms with Gasteiger partial charge in [0.1, 0.15) is 0 Å². The topological polar surface area (TPSA) is 70.3 Å². The van der Waals surface area contributed by atoms with Crippen LogP contribution in [0.1, 0.15) is 0 Å². The molecule has 1 aromatic heterocycles. The quantitative estimate of drug-likeness (QED) is 0.641. The van der Waals surface area contributed by atoms with Crippen molar-refractivity contribution < 1.29 is 9.47 Å². The number of rotatable bonds is 0. The van der Waals surface area contributed by atoms with Gasteiger partial charge in [-0.3, -0.25) is 0 Å². The second-order valence-electron chi connectivity index (χ2n) is 3.19. The lowest BCUT2D eigenvalue weighted by atomic mass is 10.2. The Bertz CT molecular complexity index is 524. The zero-order valence-corrected chi connectivity index (χ0v) is 9.56. The van der Waals surface area contributed by atoms with Crippen LogP contribution < -0.4 is 15.2 Å². The first-order valence-corrected chi connectivity index (χ1v) is 5.29. The van der Waals surface area contributed by atoms with E-state index in [0.29, 0.717) is 28.9 Å². The zero-order chi connectivity index (χ0) is 11.1. The molecule has 3 rings (SSSR count). The number of nitrogens with two attached hydrogens (primary N) is 1. The van der Waals surface area contributed by atoms with Gasteiger partial charge >= 0.3 is 0 Å². The van der Waals surface area contributed by atoms with Crippen LogP contribution in [-0.4, -0.2) is 9.97 Å². The van der Waals surface area contributed by atoms with Crippen LogP contribution in [0.5, 0.6) is 23.3 Å². The Hall–Kier alpha value is -1.82. The molecule has 2 N–H and O–H groups in total. The predicted molar refractivity (Wildman–Crippen MR) is 60.7 cm³/mol. The molecule has 0 saturated heterocycles. The molecule has 1 aliphatic heterocycles. The van der Waals surface area contributed by atoms with Crippen molar-refractivity contribution in [1.82, 2.24) is 9.97 Å². The smallest absolute Gasteiger partial charge is 0.284 e. The van der Waals surface area contributed by atoms with Crippen molar-refractivity contribution in [1.29, 1.82) is 0 Å². The van der Waals surface area contributed by atoms with E-state index in [4.69, 9.17) is 15.2 Å². The number of halogens is 1. The molecule has 0 atom stereocenters. The van der Waals surface area contributed by atoms with Crippen LogP contribution in [0, 0.1) is 0 Å². The molecule has 2 heterocycles. The van der Waals surface area contributed by atoms with Gasteiger partial charge in [-0.05, 0) is 15.9 Å². The maximum atomic E-state index is 5.75. The molecule has 0 saturated carbocycles. The van der Waals surface area contributed by atoms with Crippen LogP contribution in [-0.2, 0) is 0 Å². The minimum atomic E-state index is 0.344. The lowest BCUT2D eigenvalue weighted by Crippen LogP contribution is -2.03. The summed E-state index contributed by atoms with van der Waals surface area (Å²) in [5.74, 6) is 1.80. The molecule has 0 amide bonds. The van der Waals surface area contributed by atoms with Gasteiger partial charge in [0.25, 0.3) is 11.8 Å². The molecule has 0 aliphatic carbocycles. The molecule has 1 aromatic carbocycles. The summed E-state index contributed by atoms with van der Waals surface area (Å²) in [7, 11) is 0. The molecule has 0 unspecified atom stereocenters. The second kappa shape index (κ2) is 3.34. The number of ether oxygens (including phenoxy) is 2. The molecule has 0 fully saturated rings. The van der Waals surface area contributed by atoms with E-state index < -0.39 is 0 Å². The summed E-state index contributed by atoms with van der Waals surface area (Å²) in [6.45, 7) is 0. The largest absolute Gasteiger partial charge is 0.431 e. The van der Waals surface area contributed by atoms with E-state index in [2.05, 4.69) is 25.9 Å². The fraction of sp³-hybridized carbons (Fsp3) is 0. The number of hydrogen-bond donors (Lipinski definition) is 1. The second-order valence-corrected chi connectivity index (χ2v) is 4.05. The number of nitrogens with zero attached hydrogens (tertiary/aromatic N) is 2. The Labute approximate surface area is 99.4 Å². The summed E-state index contributed by atoms with van der Waals surface area (Å²) in [6.07, 6.45) is 3.08. The third kappa shape index (κ3) is 1.38. The molecule has 6 heteroatoms. The van der Waals surface area contributed by atoms with Gasteiger partial charge in [0.05, 0.1) is 0 Å². The first-order chi connectivity index (χ1) is 7.74. The summed E-state index contributed by atoms with van der Waals surface area (Å²) < 4.78 is 11.8. The Morgan fingerprint density at radius 2 is 1.56 bits per heavy atom. The number of benzene rings is 1. The van der Waals surface area contributed by atoms with Crippen molar-refractivity contribution >= 4 is 21.6 Å². The average Bonchev–Trinajstić information content (AvgIpc) is 2.28. The molecule has 1 aliphatic rings. The highest BCUT2D eigenvalue weighted by atomic mass is 79.9. The van der Waals surface area contributed by atoms with E-state index in [1.807, 2.05) is 0 Å². The van der Waals surface area contributed by atoms with Gasteiger partial charge in [-0.2, -0.15) is 0 Å². The van der Waals surface area contributed by atoms with Crippen LogP contribution >= 0.6 is 15.9 Å². The van der Waals surface area contributed by atoms with Gasteiger partial charge < -0.3 is 15.2 Å².